The number of hydrogen-bond acceptors (Lipinski definition) is 3. The first-order chi connectivity index (χ1) is 8.08. The lowest BCUT2D eigenvalue weighted by atomic mass is 10.1. The summed E-state index contributed by atoms with van der Waals surface area (Å²) < 4.78 is 1.77. The predicted molar refractivity (Wildman–Crippen MR) is 66.7 cm³/mol. The highest BCUT2D eigenvalue weighted by molar-refractivity contribution is 5.90. The normalized spacial score (nSPS) is 14.8. The van der Waals surface area contributed by atoms with Crippen LogP contribution in [-0.2, 0) is 24.8 Å². The molecule has 2 heterocycles. The van der Waals surface area contributed by atoms with E-state index in [4.69, 9.17) is 0 Å². The van der Waals surface area contributed by atoms with Crippen molar-refractivity contribution in [3.8, 4) is 0 Å². The molecule has 0 aliphatic carbocycles. The highest BCUT2D eigenvalue weighted by atomic mass is 16.1. The molecule has 5 nitrogen and oxygen atoms in total. The van der Waals surface area contributed by atoms with Gasteiger partial charge in [-0.25, -0.2) is 0 Å². The number of carbonyl (C=O) groups is 1. The SMILES string of the molecule is CC(C)CC(=O)Nc1c2c(nn1C)CCNC2. The van der Waals surface area contributed by atoms with Crippen LogP contribution >= 0.6 is 0 Å². The number of fused-ring (bicyclic) bond motifs is 1. The molecule has 0 aromatic carbocycles. The van der Waals surface area contributed by atoms with Crippen LogP contribution in [0.5, 0.6) is 0 Å². The van der Waals surface area contributed by atoms with E-state index in [9.17, 15) is 4.79 Å². The Bertz CT molecular complexity index is 422. The number of nitrogens with zero attached hydrogens (tertiary/aromatic N) is 2. The molecule has 1 aliphatic heterocycles. The molecular weight excluding hydrogens is 216 g/mol. The Labute approximate surface area is 102 Å². The van der Waals surface area contributed by atoms with E-state index in [-0.39, 0.29) is 5.91 Å². The van der Waals surface area contributed by atoms with Crippen LogP contribution in [0.4, 0.5) is 5.82 Å². The molecule has 0 unspecified atom stereocenters. The molecule has 2 N–H and O–H groups in total. The summed E-state index contributed by atoms with van der Waals surface area (Å²) in [6, 6.07) is 0. The van der Waals surface area contributed by atoms with Crippen LogP contribution < -0.4 is 10.6 Å². The zero-order chi connectivity index (χ0) is 12.4. The number of amides is 1. The summed E-state index contributed by atoms with van der Waals surface area (Å²) in [5.41, 5.74) is 2.24. The van der Waals surface area contributed by atoms with E-state index in [2.05, 4.69) is 15.7 Å². The minimum Gasteiger partial charge on any atom is -0.312 e. The summed E-state index contributed by atoms with van der Waals surface area (Å²) in [6.45, 7) is 5.84. The molecular formula is C12H20N4O. The smallest absolute Gasteiger partial charge is 0.225 e. The topological polar surface area (TPSA) is 59.0 Å². The number of aromatic nitrogens is 2. The minimum atomic E-state index is 0.0661. The Balaban J connectivity index is 2.15. The van der Waals surface area contributed by atoms with Gasteiger partial charge in [-0.2, -0.15) is 5.10 Å². The predicted octanol–water partition coefficient (Wildman–Crippen LogP) is 1.05. The van der Waals surface area contributed by atoms with Gasteiger partial charge in [0.25, 0.3) is 0 Å². The average molecular weight is 236 g/mol. The highest BCUT2D eigenvalue weighted by Gasteiger charge is 2.20. The number of nitrogens with one attached hydrogen (secondary N) is 2. The van der Waals surface area contributed by atoms with Gasteiger partial charge in [0, 0.05) is 38.5 Å². The fourth-order valence-corrected chi connectivity index (χ4v) is 2.14. The molecule has 1 aliphatic rings. The second-order valence-corrected chi connectivity index (χ2v) is 4.97. The van der Waals surface area contributed by atoms with Gasteiger partial charge in [-0.1, -0.05) is 13.8 Å². The standard InChI is InChI=1S/C12H20N4O/c1-8(2)6-11(17)14-12-9-7-13-5-4-10(9)15-16(12)3/h8,13H,4-7H2,1-3H3,(H,14,17). The molecule has 0 spiro atoms. The van der Waals surface area contributed by atoms with E-state index in [1.165, 1.54) is 0 Å². The zero-order valence-electron chi connectivity index (χ0n) is 10.7. The summed E-state index contributed by atoms with van der Waals surface area (Å²) in [5.74, 6) is 1.28. The second kappa shape index (κ2) is 4.87. The van der Waals surface area contributed by atoms with Crippen LogP contribution in [0, 0.1) is 5.92 Å². The van der Waals surface area contributed by atoms with Crippen LogP contribution in [0.3, 0.4) is 0 Å². The van der Waals surface area contributed by atoms with Crippen molar-refractivity contribution >= 4 is 11.7 Å². The van der Waals surface area contributed by atoms with Crippen molar-refractivity contribution in [2.75, 3.05) is 11.9 Å². The summed E-state index contributed by atoms with van der Waals surface area (Å²) in [6.07, 6.45) is 1.48. The molecule has 94 valence electrons. The van der Waals surface area contributed by atoms with Gasteiger partial charge >= 0.3 is 0 Å². The van der Waals surface area contributed by atoms with Gasteiger partial charge in [-0.3, -0.25) is 9.48 Å². The monoisotopic (exact) mass is 236 g/mol. The quantitative estimate of drug-likeness (QED) is 0.824. The molecule has 0 atom stereocenters. The molecule has 5 heteroatoms. The van der Waals surface area contributed by atoms with Gasteiger partial charge in [-0.15, -0.1) is 0 Å². The van der Waals surface area contributed by atoms with Gasteiger partial charge in [0.05, 0.1) is 5.69 Å². The first-order valence-corrected chi connectivity index (χ1v) is 6.13. The van der Waals surface area contributed by atoms with Crippen LogP contribution in [0.1, 0.15) is 31.5 Å². The summed E-state index contributed by atoms with van der Waals surface area (Å²) in [4.78, 5) is 11.8. The first-order valence-electron chi connectivity index (χ1n) is 6.13. The zero-order valence-corrected chi connectivity index (χ0v) is 10.7. The number of rotatable bonds is 3. The lowest BCUT2D eigenvalue weighted by Crippen LogP contribution is -2.24. The maximum atomic E-state index is 11.8. The van der Waals surface area contributed by atoms with Crippen molar-refractivity contribution in [3.63, 3.8) is 0 Å². The molecule has 1 aromatic rings. The average Bonchev–Trinajstić information content (AvgIpc) is 2.55. The third-order valence-electron chi connectivity index (χ3n) is 2.92. The van der Waals surface area contributed by atoms with Crippen molar-refractivity contribution in [1.82, 2.24) is 15.1 Å². The molecule has 1 aromatic heterocycles. The van der Waals surface area contributed by atoms with Crippen LogP contribution in [0.2, 0.25) is 0 Å². The Morgan fingerprint density at radius 3 is 3.06 bits per heavy atom. The van der Waals surface area contributed by atoms with Crippen molar-refractivity contribution in [3.05, 3.63) is 11.3 Å². The summed E-state index contributed by atoms with van der Waals surface area (Å²) >= 11 is 0. The Morgan fingerprint density at radius 2 is 2.35 bits per heavy atom. The molecule has 0 saturated carbocycles. The number of hydrogen-bond donors (Lipinski definition) is 2. The maximum Gasteiger partial charge on any atom is 0.225 e. The van der Waals surface area contributed by atoms with Crippen molar-refractivity contribution < 1.29 is 4.79 Å². The molecule has 1 amide bonds. The molecule has 17 heavy (non-hydrogen) atoms. The van der Waals surface area contributed by atoms with Crippen LogP contribution in [0.25, 0.3) is 0 Å². The fourth-order valence-electron chi connectivity index (χ4n) is 2.14. The molecule has 0 fully saturated rings. The van der Waals surface area contributed by atoms with E-state index >= 15 is 0 Å². The number of aryl methyl sites for hydroxylation is 1. The van der Waals surface area contributed by atoms with Gasteiger partial charge < -0.3 is 10.6 Å². The van der Waals surface area contributed by atoms with E-state index in [1.807, 2.05) is 20.9 Å². The van der Waals surface area contributed by atoms with Crippen molar-refractivity contribution in [2.45, 2.75) is 33.2 Å². The molecule has 0 saturated heterocycles. The first kappa shape index (κ1) is 12.1. The van der Waals surface area contributed by atoms with E-state index in [1.54, 1.807) is 4.68 Å². The Morgan fingerprint density at radius 1 is 1.59 bits per heavy atom. The molecule has 2 rings (SSSR count). The lowest BCUT2D eigenvalue weighted by Gasteiger charge is -2.14. The van der Waals surface area contributed by atoms with Gasteiger partial charge in [-0.05, 0) is 5.92 Å². The second-order valence-electron chi connectivity index (χ2n) is 4.97. The summed E-state index contributed by atoms with van der Waals surface area (Å²) in [5, 5.41) is 10.7. The van der Waals surface area contributed by atoms with Crippen molar-refractivity contribution in [1.29, 1.82) is 0 Å². The van der Waals surface area contributed by atoms with Crippen LogP contribution in [0.15, 0.2) is 0 Å². The Kier molecular flexibility index (Phi) is 3.47. The van der Waals surface area contributed by atoms with Crippen molar-refractivity contribution in [2.24, 2.45) is 13.0 Å². The molecule has 0 radical (unpaired) electrons. The third kappa shape index (κ3) is 2.66. The number of carbonyl (C=O) groups excluding carboxylic acids is 1. The largest absolute Gasteiger partial charge is 0.312 e. The number of anilines is 1. The highest BCUT2D eigenvalue weighted by Crippen LogP contribution is 2.22. The maximum absolute atomic E-state index is 11.8. The van der Waals surface area contributed by atoms with E-state index < -0.39 is 0 Å². The van der Waals surface area contributed by atoms with E-state index in [0.717, 1.165) is 36.6 Å². The van der Waals surface area contributed by atoms with E-state index in [0.29, 0.717) is 12.3 Å². The fraction of sp³-hybridized carbons (Fsp3) is 0.667. The van der Waals surface area contributed by atoms with Gasteiger partial charge in [0.15, 0.2) is 0 Å². The van der Waals surface area contributed by atoms with Crippen LogP contribution in [-0.4, -0.2) is 22.2 Å². The minimum absolute atomic E-state index is 0.0661. The molecule has 0 bridgehead atoms. The third-order valence-corrected chi connectivity index (χ3v) is 2.92. The van der Waals surface area contributed by atoms with Gasteiger partial charge in [0.2, 0.25) is 5.91 Å². The summed E-state index contributed by atoms with van der Waals surface area (Å²) in [7, 11) is 1.88. The Hall–Kier alpha value is -1.36. The van der Waals surface area contributed by atoms with Gasteiger partial charge in [0.1, 0.15) is 5.82 Å². The lowest BCUT2D eigenvalue weighted by molar-refractivity contribution is -0.116.